The first-order chi connectivity index (χ1) is 6.20. The number of hydrogen-bond acceptors (Lipinski definition) is 3. The summed E-state index contributed by atoms with van der Waals surface area (Å²) in [5.74, 6) is -0.220. The number of allylic oxidation sites excluding steroid dienone is 2. The van der Waals surface area contributed by atoms with Gasteiger partial charge in [-0.05, 0) is 13.8 Å². The summed E-state index contributed by atoms with van der Waals surface area (Å²) in [5.41, 5.74) is 0. The van der Waals surface area contributed by atoms with Crippen LogP contribution in [0.5, 0.6) is 0 Å². The number of rotatable bonds is 6. The van der Waals surface area contributed by atoms with Crippen LogP contribution in [-0.4, -0.2) is 18.4 Å². The van der Waals surface area contributed by atoms with Crippen molar-refractivity contribution in [1.82, 2.24) is 0 Å². The van der Waals surface area contributed by atoms with Gasteiger partial charge in [0.15, 0.2) is 0 Å². The van der Waals surface area contributed by atoms with Gasteiger partial charge in [-0.25, -0.2) is 0 Å². The first-order valence-corrected chi connectivity index (χ1v) is 4.49. The molecule has 0 atom stereocenters. The highest BCUT2D eigenvalue weighted by Gasteiger charge is 2.05. The third kappa shape index (κ3) is 7.25. The molecule has 0 aliphatic rings. The Morgan fingerprint density at radius 1 is 1.31 bits per heavy atom. The Hall–Kier alpha value is -1.12. The zero-order valence-electron chi connectivity index (χ0n) is 8.21. The van der Waals surface area contributed by atoms with Crippen LogP contribution in [0.25, 0.3) is 0 Å². The van der Waals surface area contributed by atoms with E-state index in [4.69, 9.17) is 0 Å². The number of carbonyl (C=O) groups is 2. The van der Waals surface area contributed by atoms with E-state index in [9.17, 15) is 9.59 Å². The molecule has 0 radical (unpaired) electrons. The molecule has 0 aliphatic heterocycles. The van der Waals surface area contributed by atoms with Crippen molar-refractivity contribution in [1.29, 1.82) is 0 Å². The molecule has 0 fully saturated rings. The largest absolute Gasteiger partial charge is 0.466 e. The quantitative estimate of drug-likeness (QED) is 0.467. The molecule has 0 unspecified atom stereocenters. The molecule has 0 aliphatic carbocycles. The molecule has 0 spiro atoms. The molecule has 0 N–H and O–H groups in total. The number of hydrogen-bond donors (Lipinski definition) is 0. The van der Waals surface area contributed by atoms with Gasteiger partial charge in [0.1, 0.15) is 5.78 Å². The Morgan fingerprint density at radius 2 is 2.00 bits per heavy atom. The van der Waals surface area contributed by atoms with E-state index in [1.165, 1.54) is 0 Å². The minimum Gasteiger partial charge on any atom is -0.466 e. The summed E-state index contributed by atoms with van der Waals surface area (Å²) in [4.78, 5) is 21.9. The molecule has 0 amide bonds. The van der Waals surface area contributed by atoms with E-state index < -0.39 is 0 Å². The predicted octanol–water partition coefficient (Wildman–Crippen LogP) is 1.86. The molecule has 0 bridgehead atoms. The summed E-state index contributed by atoms with van der Waals surface area (Å²) in [6.07, 6.45) is 4.50. The van der Waals surface area contributed by atoms with Crippen molar-refractivity contribution in [2.45, 2.75) is 33.1 Å². The standard InChI is InChI=1S/C10H16O3/c1-3-5-6-9(11)7-8-10(12)13-4-2/h3,5H,4,6-8H2,1-2H3/b5-3-. The second-order valence-electron chi connectivity index (χ2n) is 2.62. The molecule has 3 heteroatoms. The number of Topliss-reactive ketones (excluding diaryl/α,β-unsaturated/α-hetero) is 1. The van der Waals surface area contributed by atoms with E-state index in [2.05, 4.69) is 4.74 Å². The van der Waals surface area contributed by atoms with E-state index in [-0.39, 0.29) is 24.6 Å². The molecule has 0 saturated carbocycles. The third-order valence-corrected chi connectivity index (χ3v) is 1.49. The van der Waals surface area contributed by atoms with Crippen molar-refractivity contribution in [2.24, 2.45) is 0 Å². The first kappa shape index (κ1) is 11.9. The summed E-state index contributed by atoms with van der Waals surface area (Å²) in [6, 6.07) is 0. The molecule has 13 heavy (non-hydrogen) atoms. The van der Waals surface area contributed by atoms with Gasteiger partial charge in [-0.1, -0.05) is 12.2 Å². The maximum atomic E-state index is 11.1. The molecule has 0 aromatic heterocycles. The van der Waals surface area contributed by atoms with Crippen LogP contribution >= 0.6 is 0 Å². The fourth-order valence-electron chi connectivity index (χ4n) is 0.826. The molecule has 3 nitrogen and oxygen atoms in total. The predicted molar refractivity (Wildman–Crippen MR) is 50.3 cm³/mol. The SMILES string of the molecule is C/C=C\CC(=O)CCC(=O)OCC. The maximum absolute atomic E-state index is 11.1. The minimum absolute atomic E-state index is 0.0751. The third-order valence-electron chi connectivity index (χ3n) is 1.49. The summed E-state index contributed by atoms with van der Waals surface area (Å²) in [6.45, 7) is 3.99. The lowest BCUT2D eigenvalue weighted by Crippen LogP contribution is -2.06. The van der Waals surface area contributed by atoms with Crippen molar-refractivity contribution in [2.75, 3.05) is 6.61 Å². The zero-order valence-corrected chi connectivity index (χ0v) is 8.21. The van der Waals surface area contributed by atoms with E-state index in [1.54, 1.807) is 13.0 Å². The molecule has 0 aromatic rings. The van der Waals surface area contributed by atoms with E-state index in [0.717, 1.165) is 0 Å². The van der Waals surface area contributed by atoms with Crippen LogP contribution in [-0.2, 0) is 14.3 Å². The van der Waals surface area contributed by atoms with Gasteiger partial charge < -0.3 is 4.74 Å². The van der Waals surface area contributed by atoms with Crippen molar-refractivity contribution < 1.29 is 14.3 Å². The van der Waals surface area contributed by atoms with Crippen LogP contribution in [0.3, 0.4) is 0 Å². The Bertz CT molecular complexity index is 194. The van der Waals surface area contributed by atoms with Crippen LogP contribution in [0.2, 0.25) is 0 Å². The lowest BCUT2D eigenvalue weighted by molar-refractivity contribution is -0.144. The second-order valence-corrected chi connectivity index (χ2v) is 2.62. The van der Waals surface area contributed by atoms with Gasteiger partial charge in [-0.15, -0.1) is 0 Å². The van der Waals surface area contributed by atoms with Gasteiger partial charge >= 0.3 is 5.97 Å². The van der Waals surface area contributed by atoms with Crippen molar-refractivity contribution in [3.63, 3.8) is 0 Å². The van der Waals surface area contributed by atoms with Gasteiger partial charge in [-0.3, -0.25) is 9.59 Å². The monoisotopic (exact) mass is 184 g/mol. The molecular weight excluding hydrogens is 168 g/mol. The average molecular weight is 184 g/mol. The summed E-state index contributed by atoms with van der Waals surface area (Å²) in [7, 11) is 0. The highest BCUT2D eigenvalue weighted by molar-refractivity contribution is 5.83. The van der Waals surface area contributed by atoms with Crippen molar-refractivity contribution in [3.8, 4) is 0 Å². The molecule has 0 aromatic carbocycles. The van der Waals surface area contributed by atoms with Crippen molar-refractivity contribution >= 4 is 11.8 Å². The molecule has 0 heterocycles. The molecular formula is C10H16O3. The molecule has 0 rings (SSSR count). The number of ether oxygens (including phenoxy) is 1. The average Bonchev–Trinajstić information content (AvgIpc) is 2.12. The summed E-state index contributed by atoms with van der Waals surface area (Å²) < 4.78 is 4.69. The first-order valence-electron chi connectivity index (χ1n) is 4.49. The van der Waals surface area contributed by atoms with Crippen LogP contribution in [0.15, 0.2) is 12.2 Å². The topological polar surface area (TPSA) is 43.4 Å². The van der Waals surface area contributed by atoms with Gasteiger partial charge in [0.2, 0.25) is 0 Å². The van der Waals surface area contributed by atoms with E-state index in [1.807, 2.05) is 13.0 Å². The van der Waals surface area contributed by atoms with Gasteiger partial charge in [0.05, 0.1) is 13.0 Å². The van der Waals surface area contributed by atoms with E-state index in [0.29, 0.717) is 13.0 Å². The lowest BCUT2D eigenvalue weighted by atomic mass is 10.1. The Morgan fingerprint density at radius 3 is 2.54 bits per heavy atom. The fraction of sp³-hybridized carbons (Fsp3) is 0.600. The Labute approximate surface area is 78.8 Å². The van der Waals surface area contributed by atoms with Crippen LogP contribution in [0.1, 0.15) is 33.1 Å². The highest BCUT2D eigenvalue weighted by atomic mass is 16.5. The van der Waals surface area contributed by atoms with Crippen LogP contribution in [0.4, 0.5) is 0 Å². The summed E-state index contributed by atoms with van der Waals surface area (Å²) in [5, 5.41) is 0. The second kappa shape index (κ2) is 7.53. The smallest absolute Gasteiger partial charge is 0.306 e. The molecule has 0 saturated heterocycles. The number of carbonyl (C=O) groups excluding carboxylic acids is 2. The zero-order chi connectivity index (χ0) is 10.1. The van der Waals surface area contributed by atoms with Crippen LogP contribution < -0.4 is 0 Å². The van der Waals surface area contributed by atoms with Crippen molar-refractivity contribution in [3.05, 3.63) is 12.2 Å². The lowest BCUT2D eigenvalue weighted by Gasteiger charge is -1.99. The van der Waals surface area contributed by atoms with Gasteiger partial charge in [0, 0.05) is 12.8 Å². The normalized spacial score (nSPS) is 10.3. The van der Waals surface area contributed by atoms with E-state index >= 15 is 0 Å². The molecule has 74 valence electrons. The minimum atomic E-state index is -0.295. The number of ketones is 1. The van der Waals surface area contributed by atoms with Gasteiger partial charge in [0.25, 0.3) is 0 Å². The highest BCUT2D eigenvalue weighted by Crippen LogP contribution is 1.98. The summed E-state index contributed by atoms with van der Waals surface area (Å²) >= 11 is 0. The fourth-order valence-corrected chi connectivity index (χ4v) is 0.826. The number of esters is 1. The Kier molecular flexibility index (Phi) is 6.88. The maximum Gasteiger partial charge on any atom is 0.306 e. The van der Waals surface area contributed by atoms with Crippen LogP contribution in [0, 0.1) is 0 Å². The van der Waals surface area contributed by atoms with Gasteiger partial charge in [-0.2, -0.15) is 0 Å². The Balaban J connectivity index is 3.51.